The fraction of sp³-hybridized carbons (Fsp3) is 0.174. The first kappa shape index (κ1) is 20.4. The van der Waals surface area contributed by atoms with Gasteiger partial charge in [-0.1, -0.05) is 42.5 Å². The maximum Gasteiger partial charge on any atom is 0.266 e. The summed E-state index contributed by atoms with van der Waals surface area (Å²) in [6, 6.07) is 15.2. The van der Waals surface area contributed by atoms with Gasteiger partial charge in [0.25, 0.3) is 10.0 Å². The number of rotatable bonds is 5. The summed E-state index contributed by atoms with van der Waals surface area (Å²) in [6.07, 6.45) is 6.21. The number of allylic oxidation sites excluding steroid dienone is 4. The number of fused-ring (bicyclic) bond motifs is 1. The number of sulfonamides is 1. The second-order valence-electron chi connectivity index (χ2n) is 6.85. The molecule has 0 atom stereocenters. The van der Waals surface area contributed by atoms with E-state index in [1.165, 1.54) is 15.6 Å². The third-order valence-electron chi connectivity index (χ3n) is 4.89. The van der Waals surface area contributed by atoms with Crippen LogP contribution in [-0.4, -0.2) is 19.9 Å². The third-order valence-corrected chi connectivity index (χ3v) is 7.69. The van der Waals surface area contributed by atoms with Crippen molar-refractivity contribution in [2.45, 2.75) is 25.2 Å². The zero-order chi connectivity index (χ0) is 21.1. The van der Waals surface area contributed by atoms with Crippen molar-refractivity contribution in [2.24, 2.45) is 0 Å². The van der Waals surface area contributed by atoms with Crippen LogP contribution >= 0.6 is 11.3 Å². The third kappa shape index (κ3) is 3.91. The highest BCUT2D eigenvalue weighted by molar-refractivity contribution is 7.93. The van der Waals surface area contributed by atoms with Gasteiger partial charge in [0.15, 0.2) is 5.13 Å². The number of thiazole rings is 1. The van der Waals surface area contributed by atoms with E-state index in [0.29, 0.717) is 28.7 Å². The number of aromatic nitrogens is 1. The van der Waals surface area contributed by atoms with Gasteiger partial charge in [-0.25, -0.2) is 17.7 Å². The lowest BCUT2D eigenvalue weighted by Crippen LogP contribution is -2.37. The SMILES string of the molecule is CC=CC(=C(C)Oc1ccc2c(c1)CCN(c1nccs1)S2(=O)=O)c1ccccc1. The maximum atomic E-state index is 13.0. The molecule has 3 aromatic rings. The van der Waals surface area contributed by atoms with E-state index < -0.39 is 10.0 Å². The van der Waals surface area contributed by atoms with E-state index in [1.54, 1.807) is 23.7 Å². The normalized spacial score (nSPS) is 16.3. The molecule has 0 fully saturated rings. The Morgan fingerprint density at radius 3 is 2.70 bits per heavy atom. The molecule has 0 saturated heterocycles. The Morgan fingerprint density at radius 2 is 2.00 bits per heavy atom. The van der Waals surface area contributed by atoms with E-state index in [-0.39, 0.29) is 0 Å². The predicted octanol–water partition coefficient (Wildman–Crippen LogP) is 5.28. The molecule has 1 aromatic heterocycles. The Bertz CT molecular complexity index is 1200. The molecule has 0 saturated carbocycles. The largest absolute Gasteiger partial charge is 0.461 e. The fourth-order valence-electron chi connectivity index (χ4n) is 3.50. The first-order valence-electron chi connectivity index (χ1n) is 9.62. The van der Waals surface area contributed by atoms with Gasteiger partial charge in [-0.15, -0.1) is 11.3 Å². The van der Waals surface area contributed by atoms with Crippen molar-refractivity contribution >= 4 is 32.1 Å². The lowest BCUT2D eigenvalue weighted by Gasteiger charge is -2.28. The summed E-state index contributed by atoms with van der Waals surface area (Å²) in [5, 5.41) is 2.28. The summed E-state index contributed by atoms with van der Waals surface area (Å²) >= 11 is 1.32. The number of ether oxygens (including phenoxy) is 1. The van der Waals surface area contributed by atoms with E-state index >= 15 is 0 Å². The van der Waals surface area contributed by atoms with Crippen molar-refractivity contribution in [3.05, 3.63) is 89.1 Å². The molecule has 1 aliphatic heterocycles. The van der Waals surface area contributed by atoms with Gasteiger partial charge in [0.05, 0.1) is 4.90 Å². The highest BCUT2D eigenvalue weighted by atomic mass is 32.2. The van der Waals surface area contributed by atoms with Gasteiger partial charge in [0, 0.05) is 23.7 Å². The van der Waals surface area contributed by atoms with E-state index in [9.17, 15) is 8.42 Å². The van der Waals surface area contributed by atoms with Crippen LogP contribution in [0.2, 0.25) is 0 Å². The second kappa shape index (κ2) is 8.45. The molecule has 30 heavy (non-hydrogen) atoms. The summed E-state index contributed by atoms with van der Waals surface area (Å²) in [6.45, 7) is 4.26. The van der Waals surface area contributed by atoms with E-state index in [4.69, 9.17) is 4.74 Å². The van der Waals surface area contributed by atoms with E-state index in [1.807, 2.05) is 62.4 Å². The van der Waals surface area contributed by atoms with Crippen LogP contribution in [0.4, 0.5) is 5.13 Å². The molecular formula is C23H22N2O3S2. The minimum absolute atomic E-state index is 0.315. The molecule has 7 heteroatoms. The van der Waals surface area contributed by atoms with Crippen LogP contribution in [0, 0.1) is 0 Å². The highest BCUT2D eigenvalue weighted by Gasteiger charge is 2.33. The van der Waals surface area contributed by atoms with Crippen LogP contribution < -0.4 is 9.04 Å². The lowest BCUT2D eigenvalue weighted by atomic mass is 10.0. The average molecular weight is 439 g/mol. The van der Waals surface area contributed by atoms with Gasteiger partial charge in [0.1, 0.15) is 11.5 Å². The maximum absolute atomic E-state index is 13.0. The topological polar surface area (TPSA) is 59.5 Å². The molecule has 0 amide bonds. The minimum Gasteiger partial charge on any atom is -0.461 e. The standard InChI is InChI=1S/C23H22N2O3S2/c1-3-7-21(18-8-5-4-6-9-18)17(2)28-20-10-11-22-19(16-20)12-14-25(30(22,26)27)23-24-13-15-29-23/h3-11,13,15-16H,12,14H2,1-2H3. The molecule has 4 rings (SSSR count). The summed E-state index contributed by atoms with van der Waals surface area (Å²) in [7, 11) is -3.62. The van der Waals surface area contributed by atoms with Crippen LogP contribution in [0.3, 0.4) is 0 Å². The molecule has 0 radical (unpaired) electrons. The second-order valence-corrected chi connectivity index (χ2v) is 9.55. The molecule has 0 spiro atoms. The molecular weight excluding hydrogens is 416 g/mol. The van der Waals surface area contributed by atoms with Crippen LogP contribution in [0.1, 0.15) is 25.0 Å². The van der Waals surface area contributed by atoms with Gasteiger partial charge < -0.3 is 4.74 Å². The highest BCUT2D eigenvalue weighted by Crippen LogP contribution is 2.34. The number of anilines is 1. The first-order valence-corrected chi connectivity index (χ1v) is 11.9. The van der Waals surface area contributed by atoms with E-state index in [0.717, 1.165) is 22.5 Å². The Labute approximate surface area is 181 Å². The molecule has 2 aromatic carbocycles. The Kier molecular flexibility index (Phi) is 5.74. The van der Waals surface area contributed by atoms with Gasteiger partial charge in [-0.05, 0) is 49.6 Å². The van der Waals surface area contributed by atoms with Crippen molar-refractivity contribution in [3.63, 3.8) is 0 Å². The van der Waals surface area contributed by atoms with Crippen molar-refractivity contribution in [1.82, 2.24) is 4.98 Å². The first-order chi connectivity index (χ1) is 14.5. The zero-order valence-corrected chi connectivity index (χ0v) is 18.4. The molecule has 5 nitrogen and oxygen atoms in total. The smallest absolute Gasteiger partial charge is 0.266 e. The monoisotopic (exact) mass is 438 g/mol. The number of hydrogen-bond donors (Lipinski definition) is 0. The van der Waals surface area contributed by atoms with Gasteiger partial charge in [0.2, 0.25) is 0 Å². The molecule has 0 unspecified atom stereocenters. The molecule has 0 bridgehead atoms. The van der Waals surface area contributed by atoms with Gasteiger partial charge in [-0.3, -0.25) is 0 Å². The number of benzene rings is 2. The van der Waals surface area contributed by atoms with Crippen LogP contribution in [0.25, 0.3) is 5.57 Å². The van der Waals surface area contributed by atoms with Crippen molar-refractivity contribution < 1.29 is 13.2 Å². The average Bonchev–Trinajstić information content (AvgIpc) is 3.26. The molecule has 2 heterocycles. The van der Waals surface area contributed by atoms with Crippen molar-refractivity contribution in [2.75, 3.05) is 10.8 Å². The molecule has 154 valence electrons. The van der Waals surface area contributed by atoms with Gasteiger partial charge >= 0.3 is 0 Å². The van der Waals surface area contributed by atoms with Crippen molar-refractivity contribution in [1.29, 1.82) is 0 Å². The molecule has 0 aliphatic carbocycles. The fourth-order valence-corrected chi connectivity index (χ4v) is 6.05. The summed E-state index contributed by atoms with van der Waals surface area (Å²) in [5.74, 6) is 1.38. The Hall–Kier alpha value is -2.90. The summed E-state index contributed by atoms with van der Waals surface area (Å²) in [4.78, 5) is 4.47. The van der Waals surface area contributed by atoms with Gasteiger partial charge in [-0.2, -0.15) is 0 Å². The molecule has 1 aliphatic rings. The Balaban J connectivity index is 1.65. The number of nitrogens with zero attached hydrogens (tertiary/aromatic N) is 2. The quantitative estimate of drug-likeness (QED) is 0.402. The Morgan fingerprint density at radius 1 is 1.20 bits per heavy atom. The summed E-state index contributed by atoms with van der Waals surface area (Å²) < 4.78 is 33.6. The number of hydrogen-bond acceptors (Lipinski definition) is 5. The van der Waals surface area contributed by atoms with E-state index in [2.05, 4.69) is 4.98 Å². The van der Waals surface area contributed by atoms with Crippen LogP contribution in [0.15, 0.2) is 82.9 Å². The minimum atomic E-state index is -3.62. The molecule has 0 N–H and O–H groups in total. The lowest BCUT2D eigenvalue weighted by molar-refractivity contribution is 0.429. The van der Waals surface area contributed by atoms with Crippen LogP contribution in [0.5, 0.6) is 5.75 Å². The zero-order valence-electron chi connectivity index (χ0n) is 16.8. The predicted molar refractivity (Wildman–Crippen MR) is 121 cm³/mol. The van der Waals surface area contributed by atoms with Crippen molar-refractivity contribution in [3.8, 4) is 5.75 Å². The van der Waals surface area contributed by atoms with Crippen LogP contribution in [-0.2, 0) is 16.4 Å². The summed E-state index contributed by atoms with van der Waals surface area (Å²) in [5.41, 5.74) is 2.81.